The highest BCUT2D eigenvalue weighted by Crippen LogP contribution is 2.31. The molecule has 1 aromatic rings. The Hall–Kier alpha value is -0.710. The first kappa shape index (κ1) is 10.8. The third kappa shape index (κ3) is 2.12. The van der Waals surface area contributed by atoms with Gasteiger partial charge in [-0.05, 0) is 30.5 Å². The van der Waals surface area contributed by atoms with Crippen molar-refractivity contribution >= 4 is 21.3 Å². The topological polar surface area (TPSA) is 24.4 Å². The van der Waals surface area contributed by atoms with Gasteiger partial charge < -0.3 is 3.53 Å². The molecule has 0 amide bonds. The van der Waals surface area contributed by atoms with Crippen molar-refractivity contribution in [3.63, 3.8) is 0 Å². The Bertz CT molecular complexity index is 435. The second-order valence-electron chi connectivity index (χ2n) is 3.86. The maximum absolute atomic E-state index is 4.54. The molecule has 0 saturated heterocycles. The molecule has 0 aliphatic carbocycles. The van der Waals surface area contributed by atoms with Crippen LogP contribution in [0.25, 0.3) is 0 Å². The monoisotopic (exact) mass is 314 g/mol. The summed E-state index contributed by atoms with van der Waals surface area (Å²) in [5.41, 5.74) is 5.36. The molecule has 0 radical (unpaired) electrons. The molecule has 3 heteroatoms. The minimum absolute atomic E-state index is 0.159. The Morgan fingerprint density at radius 3 is 2.80 bits per heavy atom. The van der Waals surface area contributed by atoms with E-state index >= 15 is 0 Å². The lowest BCUT2D eigenvalue weighted by atomic mass is 9.92. The molecule has 1 aliphatic heterocycles. The number of nitrogens with zero attached hydrogens (tertiary/aromatic N) is 1. The van der Waals surface area contributed by atoms with Crippen molar-refractivity contribution in [1.29, 1.82) is 0 Å². The summed E-state index contributed by atoms with van der Waals surface area (Å²) in [7, 11) is 0. The number of hydrogen-bond acceptors (Lipinski definition) is 2. The molecular formula is C12H15IN2. The first-order valence-electron chi connectivity index (χ1n) is 5.06. The molecule has 15 heavy (non-hydrogen) atoms. The third-order valence-corrected chi connectivity index (χ3v) is 4.34. The van der Waals surface area contributed by atoms with Crippen LogP contribution in [0.1, 0.15) is 29.5 Å². The van der Waals surface area contributed by atoms with Crippen molar-refractivity contribution in [3.8, 4) is 0 Å². The van der Waals surface area contributed by atoms with E-state index in [2.05, 4.69) is 51.8 Å². The largest absolute Gasteiger partial charge is 0.324 e. The standard InChI is InChI=1S/C12H15IN2/c1-8-5-4-6-11(9(8)2)10(3)12-7-14-13-15-12/h4-7,10H,1-3H3,(H,14,15)/t10-/m0/s1. The number of benzene rings is 1. The first-order valence-corrected chi connectivity index (χ1v) is 7.10. The molecule has 2 rings (SSSR count). The van der Waals surface area contributed by atoms with Gasteiger partial charge in [0.1, 0.15) is 21.3 Å². The molecule has 0 spiro atoms. The van der Waals surface area contributed by atoms with Gasteiger partial charge in [0.25, 0.3) is 0 Å². The summed E-state index contributed by atoms with van der Waals surface area (Å²) in [6.45, 7) is 6.59. The highest BCUT2D eigenvalue weighted by molar-refractivity contribution is 14.1. The van der Waals surface area contributed by atoms with Crippen molar-refractivity contribution < 1.29 is 0 Å². The molecule has 1 atom stereocenters. The summed E-state index contributed by atoms with van der Waals surface area (Å²) in [6.07, 6.45) is 2.07. The Morgan fingerprint density at radius 1 is 1.33 bits per heavy atom. The van der Waals surface area contributed by atoms with Gasteiger partial charge in [-0.2, -0.15) is 0 Å². The van der Waals surface area contributed by atoms with Gasteiger partial charge >= 0.3 is 0 Å². The third-order valence-electron chi connectivity index (χ3n) is 2.95. The summed E-state index contributed by atoms with van der Waals surface area (Å²) in [4.78, 5) is 0. The van der Waals surface area contributed by atoms with Gasteiger partial charge in [0.2, 0.25) is 0 Å². The average molecular weight is 314 g/mol. The molecule has 1 heterocycles. The summed E-state index contributed by atoms with van der Waals surface area (Å²) in [5, 5.41) is 0. The predicted octanol–water partition coefficient (Wildman–Crippen LogP) is 3.92. The highest BCUT2D eigenvalue weighted by Gasteiger charge is 2.15. The Morgan fingerprint density at radius 2 is 2.13 bits per heavy atom. The van der Waals surface area contributed by atoms with Crippen LogP contribution in [0.4, 0.5) is 0 Å². The van der Waals surface area contributed by atoms with E-state index in [4.69, 9.17) is 0 Å². The van der Waals surface area contributed by atoms with Gasteiger partial charge in [0.15, 0.2) is 0 Å². The summed E-state index contributed by atoms with van der Waals surface area (Å²) >= 11 is -0.159. The minimum Gasteiger partial charge on any atom is -0.324 e. The van der Waals surface area contributed by atoms with Gasteiger partial charge in [-0.25, -0.2) is 3.15 Å². The fourth-order valence-electron chi connectivity index (χ4n) is 1.78. The van der Waals surface area contributed by atoms with E-state index in [1.165, 1.54) is 22.4 Å². The van der Waals surface area contributed by atoms with Gasteiger partial charge in [0.05, 0.1) is 5.70 Å². The smallest absolute Gasteiger partial charge is 0.117 e. The van der Waals surface area contributed by atoms with Crippen molar-refractivity contribution in [2.75, 3.05) is 0 Å². The first-order chi connectivity index (χ1) is 7.20. The SMILES string of the molecule is Cc1cccc([C@H](C)C2=CNI=N2)c1C. The lowest BCUT2D eigenvalue weighted by Gasteiger charge is -2.14. The number of aryl methyl sites for hydroxylation is 1. The summed E-state index contributed by atoms with van der Waals surface area (Å²) in [5.74, 6) is 0.416. The lowest BCUT2D eigenvalue weighted by molar-refractivity contribution is 0.870. The van der Waals surface area contributed by atoms with Gasteiger partial charge in [-0.3, -0.25) is 0 Å². The quantitative estimate of drug-likeness (QED) is 0.649. The molecule has 0 saturated carbocycles. The van der Waals surface area contributed by atoms with Crippen molar-refractivity contribution in [2.45, 2.75) is 26.7 Å². The molecule has 1 aliphatic rings. The average Bonchev–Trinajstić information content (AvgIpc) is 2.74. The maximum atomic E-state index is 4.54. The van der Waals surface area contributed by atoms with E-state index < -0.39 is 0 Å². The number of allylic oxidation sites excluding steroid dienone is 1. The van der Waals surface area contributed by atoms with Crippen LogP contribution in [0.2, 0.25) is 0 Å². The molecule has 0 aromatic heterocycles. The minimum atomic E-state index is -0.159. The number of hydrogen-bond donors (Lipinski definition) is 1. The van der Waals surface area contributed by atoms with Gasteiger partial charge in [0, 0.05) is 12.1 Å². The molecule has 1 aromatic carbocycles. The highest BCUT2D eigenvalue weighted by atomic mass is 127. The second-order valence-corrected chi connectivity index (χ2v) is 5.45. The zero-order valence-electron chi connectivity index (χ0n) is 9.21. The fraction of sp³-hybridized carbons (Fsp3) is 0.333. The fourth-order valence-corrected chi connectivity index (χ4v) is 3.21. The van der Waals surface area contributed by atoms with Crippen LogP contribution in [0.5, 0.6) is 0 Å². The zero-order valence-corrected chi connectivity index (χ0v) is 11.4. The van der Waals surface area contributed by atoms with E-state index in [9.17, 15) is 0 Å². The molecule has 0 bridgehead atoms. The van der Waals surface area contributed by atoms with E-state index in [-0.39, 0.29) is 21.3 Å². The van der Waals surface area contributed by atoms with Crippen LogP contribution in [0, 0.1) is 13.8 Å². The van der Waals surface area contributed by atoms with E-state index in [0.717, 1.165) is 0 Å². The summed E-state index contributed by atoms with van der Waals surface area (Å²) < 4.78 is 7.78. The zero-order chi connectivity index (χ0) is 10.8. The normalized spacial score (nSPS) is 16.6. The molecule has 2 nitrogen and oxygen atoms in total. The van der Waals surface area contributed by atoms with Crippen LogP contribution >= 0.6 is 21.3 Å². The second kappa shape index (κ2) is 4.43. The van der Waals surface area contributed by atoms with Crippen molar-refractivity contribution in [1.82, 2.24) is 3.53 Å². The number of rotatable bonds is 2. The van der Waals surface area contributed by atoms with E-state index in [1.807, 2.05) is 0 Å². The Balaban J connectivity index is 2.37. The van der Waals surface area contributed by atoms with Crippen molar-refractivity contribution in [2.24, 2.45) is 3.15 Å². The maximum Gasteiger partial charge on any atom is 0.117 e. The number of nitrogens with one attached hydrogen (secondary N) is 1. The van der Waals surface area contributed by atoms with Crippen LogP contribution < -0.4 is 3.53 Å². The lowest BCUT2D eigenvalue weighted by Crippen LogP contribution is -2.00. The van der Waals surface area contributed by atoms with Gasteiger partial charge in [-0.15, -0.1) is 0 Å². The van der Waals surface area contributed by atoms with Crippen LogP contribution in [-0.4, -0.2) is 0 Å². The summed E-state index contributed by atoms with van der Waals surface area (Å²) in [6, 6.07) is 6.50. The molecule has 0 fully saturated rings. The molecule has 80 valence electrons. The molecule has 1 N–H and O–H groups in total. The molecule has 0 unspecified atom stereocenters. The van der Waals surface area contributed by atoms with E-state index in [0.29, 0.717) is 5.92 Å². The van der Waals surface area contributed by atoms with Crippen LogP contribution in [-0.2, 0) is 0 Å². The Kier molecular flexibility index (Phi) is 3.19. The molecular weight excluding hydrogens is 299 g/mol. The number of halogens is 1. The van der Waals surface area contributed by atoms with Crippen LogP contribution in [0.3, 0.4) is 0 Å². The Labute approximate surface area is 101 Å². The van der Waals surface area contributed by atoms with Crippen LogP contribution in [0.15, 0.2) is 33.2 Å². The predicted molar refractivity (Wildman–Crippen MR) is 72.0 cm³/mol. The van der Waals surface area contributed by atoms with Gasteiger partial charge in [-0.1, -0.05) is 25.1 Å². The van der Waals surface area contributed by atoms with E-state index in [1.54, 1.807) is 0 Å². The van der Waals surface area contributed by atoms with Crippen molar-refractivity contribution in [3.05, 3.63) is 46.8 Å².